The van der Waals surface area contributed by atoms with Gasteiger partial charge in [0.25, 0.3) is 5.91 Å². The molecule has 11 nitrogen and oxygen atoms in total. The Hall–Kier alpha value is -3.24. The molecule has 0 bridgehead atoms. The lowest BCUT2D eigenvalue weighted by molar-refractivity contribution is -0.143. The van der Waals surface area contributed by atoms with Gasteiger partial charge in [-0.15, -0.1) is 6.58 Å². The normalized spacial score (nSPS) is 21.7. The van der Waals surface area contributed by atoms with Gasteiger partial charge in [-0.2, -0.15) is 0 Å². The predicted octanol–water partition coefficient (Wildman–Crippen LogP) is 2.00. The first-order valence-corrected chi connectivity index (χ1v) is 15.0. The van der Waals surface area contributed by atoms with Gasteiger partial charge in [0.1, 0.15) is 12.1 Å². The van der Waals surface area contributed by atoms with Gasteiger partial charge in [-0.05, 0) is 56.8 Å². The number of amides is 5. The Morgan fingerprint density at radius 2 is 1.56 bits per heavy atom. The van der Waals surface area contributed by atoms with E-state index in [0.29, 0.717) is 19.4 Å². The molecule has 0 aromatic heterocycles. The molecule has 41 heavy (non-hydrogen) atoms. The van der Waals surface area contributed by atoms with E-state index >= 15 is 0 Å². The van der Waals surface area contributed by atoms with Gasteiger partial charge in [0.15, 0.2) is 5.78 Å². The fraction of sp³-hybridized carbons (Fsp3) is 0.733. The van der Waals surface area contributed by atoms with Crippen LogP contribution in [0.3, 0.4) is 0 Å². The first kappa shape index (κ1) is 32.3. The maximum absolute atomic E-state index is 13.8. The molecule has 4 atom stereocenters. The van der Waals surface area contributed by atoms with Crippen LogP contribution in [0, 0.1) is 17.3 Å². The number of hydrogen-bond acceptors (Lipinski definition) is 6. The van der Waals surface area contributed by atoms with Crippen LogP contribution in [-0.4, -0.2) is 77.5 Å². The predicted molar refractivity (Wildman–Crippen MR) is 154 cm³/mol. The molecular weight excluding hydrogens is 526 g/mol. The van der Waals surface area contributed by atoms with Crippen molar-refractivity contribution < 1.29 is 28.8 Å². The summed E-state index contributed by atoms with van der Waals surface area (Å²) in [5.41, 5.74) is -0.689. The molecule has 3 aliphatic rings. The van der Waals surface area contributed by atoms with Gasteiger partial charge < -0.3 is 26.2 Å². The minimum Gasteiger partial charge on any atom is -0.346 e. The highest BCUT2D eigenvalue weighted by molar-refractivity contribution is 6.38. The van der Waals surface area contributed by atoms with Crippen LogP contribution in [-0.2, 0) is 24.0 Å². The number of likely N-dealkylation sites (tertiary alicyclic amines) is 1. The number of rotatable bonds is 12. The Labute approximate surface area is 243 Å². The molecule has 2 saturated carbocycles. The smallest absolute Gasteiger partial charge is 0.316 e. The van der Waals surface area contributed by atoms with E-state index in [9.17, 15) is 28.8 Å². The third-order valence-corrected chi connectivity index (χ3v) is 8.30. The average molecular weight is 574 g/mol. The summed E-state index contributed by atoms with van der Waals surface area (Å²) < 4.78 is 0. The summed E-state index contributed by atoms with van der Waals surface area (Å²) >= 11 is 0. The highest BCUT2D eigenvalue weighted by Gasteiger charge is 2.44. The Morgan fingerprint density at radius 1 is 0.902 bits per heavy atom. The molecule has 11 heteroatoms. The third kappa shape index (κ3) is 8.63. The van der Waals surface area contributed by atoms with E-state index in [1.165, 1.54) is 17.9 Å². The van der Waals surface area contributed by atoms with Gasteiger partial charge in [0.2, 0.25) is 17.6 Å². The summed E-state index contributed by atoms with van der Waals surface area (Å²) in [4.78, 5) is 79.1. The zero-order chi connectivity index (χ0) is 30.3. The third-order valence-electron chi connectivity index (χ3n) is 8.30. The standard InChI is InChI=1S/C30H47N5O6/c1-6-16-31-27(39)23(36)18(2)32-26(38)21-13-10-17-35(21)28(40)25(30(3,4)5)34-29(41)33-22(24(37)20-14-15-20)19-11-8-7-9-12-19/h6,18-22,25H,1,7-17H2,2-5H3,(H,31,39)(H,32,38)(H2,33,34,41). The largest absolute Gasteiger partial charge is 0.346 e. The molecule has 2 aliphatic carbocycles. The molecule has 3 fully saturated rings. The number of nitrogens with one attached hydrogen (secondary N) is 4. The Morgan fingerprint density at radius 3 is 2.15 bits per heavy atom. The topological polar surface area (TPSA) is 154 Å². The van der Waals surface area contributed by atoms with E-state index in [1.807, 2.05) is 20.8 Å². The summed E-state index contributed by atoms with van der Waals surface area (Å²) in [6, 6.07) is -4.00. The van der Waals surface area contributed by atoms with Crippen LogP contribution in [0.2, 0.25) is 0 Å². The molecule has 4 N–H and O–H groups in total. The number of carbonyl (C=O) groups excluding carboxylic acids is 6. The summed E-state index contributed by atoms with van der Waals surface area (Å²) in [6.45, 7) is 10.8. The van der Waals surface area contributed by atoms with Crippen LogP contribution < -0.4 is 21.3 Å². The molecule has 0 spiro atoms. The highest BCUT2D eigenvalue weighted by atomic mass is 16.2. The molecular formula is C30H47N5O6. The number of hydrogen-bond donors (Lipinski definition) is 4. The van der Waals surface area contributed by atoms with Crippen molar-refractivity contribution >= 4 is 35.3 Å². The van der Waals surface area contributed by atoms with Gasteiger partial charge >= 0.3 is 6.03 Å². The Balaban J connectivity index is 1.67. The van der Waals surface area contributed by atoms with Crippen molar-refractivity contribution in [2.75, 3.05) is 13.1 Å². The summed E-state index contributed by atoms with van der Waals surface area (Å²) in [5.74, 6) is -2.37. The van der Waals surface area contributed by atoms with E-state index in [0.717, 1.165) is 44.9 Å². The number of urea groups is 1. The van der Waals surface area contributed by atoms with Crippen molar-refractivity contribution in [1.29, 1.82) is 0 Å². The van der Waals surface area contributed by atoms with Gasteiger partial charge in [-0.1, -0.05) is 46.1 Å². The molecule has 1 heterocycles. The lowest BCUT2D eigenvalue weighted by Crippen LogP contribution is -2.61. The molecule has 228 valence electrons. The molecule has 0 aromatic rings. The van der Waals surface area contributed by atoms with Gasteiger partial charge in [0.05, 0.1) is 12.1 Å². The Bertz CT molecular complexity index is 1030. The van der Waals surface area contributed by atoms with E-state index in [2.05, 4.69) is 27.8 Å². The number of ketones is 2. The molecule has 3 rings (SSSR count). The fourth-order valence-electron chi connectivity index (χ4n) is 5.77. The second-order valence-electron chi connectivity index (χ2n) is 12.8. The fourth-order valence-corrected chi connectivity index (χ4v) is 5.77. The minimum atomic E-state index is -1.08. The number of Topliss-reactive ketones (excluding diaryl/α,β-unsaturated/α-hetero) is 2. The summed E-state index contributed by atoms with van der Waals surface area (Å²) in [6.07, 6.45) is 9.12. The van der Waals surface area contributed by atoms with Crippen molar-refractivity contribution in [3.8, 4) is 0 Å². The second kappa shape index (κ2) is 14.1. The van der Waals surface area contributed by atoms with Crippen molar-refractivity contribution in [3.05, 3.63) is 12.7 Å². The van der Waals surface area contributed by atoms with E-state index in [4.69, 9.17) is 0 Å². The zero-order valence-electron chi connectivity index (χ0n) is 24.9. The van der Waals surface area contributed by atoms with Crippen molar-refractivity contribution in [1.82, 2.24) is 26.2 Å². The quantitative estimate of drug-likeness (QED) is 0.207. The SMILES string of the molecule is C=CCNC(=O)C(=O)C(C)NC(=O)C1CCCN1C(=O)C(NC(=O)NC(C(=O)C1CC1)C1CCCCC1)C(C)(C)C. The molecule has 0 radical (unpaired) electrons. The van der Waals surface area contributed by atoms with Crippen LogP contribution in [0.25, 0.3) is 0 Å². The van der Waals surface area contributed by atoms with Gasteiger partial charge in [-0.25, -0.2) is 4.79 Å². The van der Waals surface area contributed by atoms with E-state index < -0.39 is 59.1 Å². The molecule has 5 amide bonds. The lowest BCUT2D eigenvalue weighted by atomic mass is 9.81. The van der Waals surface area contributed by atoms with Crippen molar-refractivity contribution in [2.24, 2.45) is 17.3 Å². The monoisotopic (exact) mass is 573 g/mol. The van der Waals surface area contributed by atoms with E-state index in [1.54, 1.807) is 0 Å². The van der Waals surface area contributed by atoms with Crippen LogP contribution in [0.5, 0.6) is 0 Å². The van der Waals surface area contributed by atoms with E-state index in [-0.39, 0.29) is 24.2 Å². The van der Waals surface area contributed by atoms with Gasteiger partial charge in [-0.3, -0.25) is 24.0 Å². The summed E-state index contributed by atoms with van der Waals surface area (Å²) in [5, 5.41) is 10.7. The molecule has 0 aromatic carbocycles. The maximum atomic E-state index is 13.8. The highest BCUT2D eigenvalue weighted by Crippen LogP contribution is 2.35. The number of nitrogens with zero attached hydrogens (tertiary/aromatic N) is 1. The molecule has 1 saturated heterocycles. The lowest BCUT2D eigenvalue weighted by Gasteiger charge is -2.36. The van der Waals surface area contributed by atoms with Crippen LogP contribution in [0.1, 0.15) is 85.5 Å². The van der Waals surface area contributed by atoms with Crippen LogP contribution in [0.15, 0.2) is 12.7 Å². The second-order valence-corrected chi connectivity index (χ2v) is 12.8. The van der Waals surface area contributed by atoms with Crippen molar-refractivity contribution in [2.45, 2.75) is 110 Å². The zero-order valence-corrected chi connectivity index (χ0v) is 24.9. The Kier molecular flexibility index (Phi) is 11.1. The number of carbonyl (C=O) groups is 6. The molecule has 1 aliphatic heterocycles. The van der Waals surface area contributed by atoms with Crippen LogP contribution >= 0.6 is 0 Å². The average Bonchev–Trinajstić information content (AvgIpc) is 3.67. The molecule has 4 unspecified atom stereocenters. The van der Waals surface area contributed by atoms with Crippen molar-refractivity contribution in [3.63, 3.8) is 0 Å². The van der Waals surface area contributed by atoms with Crippen LogP contribution in [0.4, 0.5) is 4.79 Å². The van der Waals surface area contributed by atoms with Gasteiger partial charge in [0, 0.05) is 19.0 Å². The first-order chi connectivity index (χ1) is 19.3. The summed E-state index contributed by atoms with van der Waals surface area (Å²) in [7, 11) is 0. The first-order valence-electron chi connectivity index (χ1n) is 15.0. The maximum Gasteiger partial charge on any atom is 0.316 e. The minimum absolute atomic E-state index is 0.00785.